The first-order valence-corrected chi connectivity index (χ1v) is 9.23. The minimum Gasteiger partial charge on any atom is -0.362 e. The summed E-state index contributed by atoms with van der Waals surface area (Å²) in [6.45, 7) is 2.89. The van der Waals surface area contributed by atoms with Crippen molar-refractivity contribution < 1.29 is 9.59 Å². The summed E-state index contributed by atoms with van der Waals surface area (Å²) >= 11 is 0. The van der Waals surface area contributed by atoms with Gasteiger partial charge in [0.05, 0.1) is 6.54 Å². The van der Waals surface area contributed by atoms with Crippen LogP contribution in [0.4, 0.5) is 11.4 Å². The number of likely N-dealkylation sites (tertiary alicyclic amines) is 1. The van der Waals surface area contributed by atoms with E-state index < -0.39 is 0 Å². The third-order valence-corrected chi connectivity index (χ3v) is 5.13. The Morgan fingerprint density at radius 1 is 0.923 bits per heavy atom. The molecule has 2 aliphatic heterocycles. The van der Waals surface area contributed by atoms with Crippen LogP contribution in [0.15, 0.2) is 48.5 Å². The minimum absolute atomic E-state index is 0.0414. The van der Waals surface area contributed by atoms with Crippen molar-refractivity contribution in [1.29, 1.82) is 0 Å². The molecule has 0 radical (unpaired) electrons. The number of benzene rings is 2. The predicted molar refractivity (Wildman–Crippen MR) is 103 cm³/mol. The van der Waals surface area contributed by atoms with Crippen LogP contribution < -0.4 is 10.2 Å². The lowest BCUT2D eigenvalue weighted by atomic mass is 10.2. The average Bonchev–Trinajstić information content (AvgIpc) is 3.32. The Morgan fingerprint density at radius 3 is 2.42 bits per heavy atom. The van der Waals surface area contributed by atoms with Gasteiger partial charge >= 0.3 is 0 Å². The first-order valence-electron chi connectivity index (χ1n) is 9.23. The molecule has 1 fully saturated rings. The first-order chi connectivity index (χ1) is 12.7. The molecule has 0 aromatic heterocycles. The van der Waals surface area contributed by atoms with Gasteiger partial charge in [0.25, 0.3) is 5.91 Å². The van der Waals surface area contributed by atoms with Crippen molar-refractivity contribution in [3.8, 4) is 0 Å². The Balaban J connectivity index is 1.35. The molecule has 2 aromatic rings. The fraction of sp³-hybridized carbons (Fsp3) is 0.333. The van der Waals surface area contributed by atoms with E-state index in [4.69, 9.17) is 0 Å². The maximum atomic E-state index is 12.4. The third-order valence-electron chi connectivity index (χ3n) is 5.13. The molecule has 0 atom stereocenters. The van der Waals surface area contributed by atoms with Gasteiger partial charge in [-0.25, -0.2) is 0 Å². The van der Waals surface area contributed by atoms with Gasteiger partial charge in [-0.2, -0.15) is 0 Å². The quantitative estimate of drug-likeness (QED) is 0.923. The summed E-state index contributed by atoms with van der Waals surface area (Å²) in [5.41, 5.74) is 3.85. The van der Waals surface area contributed by atoms with Crippen LogP contribution in [0, 0.1) is 0 Å². The molecule has 0 bridgehead atoms. The molecular formula is C21H23N3O2. The van der Waals surface area contributed by atoms with Gasteiger partial charge in [0.1, 0.15) is 0 Å². The van der Waals surface area contributed by atoms with E-state index in [1.165, 1.54) is 5.56 Å². The maximum Gasteiger partial charge on any atom is 0.253 e. The average molecular weight is 349 g/mol. The van der Waals surface area contributed by atoms with Crippen molar-refractivity contribution in [2.75, 3.05) is 36.4 Å². The lowest BCUT2D eigenvalue weighted by Crippen LogP contribution is -2.31. The SMILES string of the molecule is O=C(CN1CCc2ccccc21)Nc1ccc(C(=O)N2CCCC2)cc1. The van der Waals surface area contributed by atoms with Gasteiger partial charge in [0.2, 0.25) is 5.91 Å². The number of nitrogens with one attached hydrogen (secondary N) is 1. The normalized spacial score (nSPS) is 15.8. The van der Waals surface area contributed by atoms with E-state index in [0.717, 1.165) is 50.3 Å². The zero-order valence-corrected chi connectivity index (χ0v) is 14.8. The van der Waals surface area contributed by atoms with E-state index in [9.17, 15) is 9.59 Å². The molecular weight excluding hydrogens is 326 g/mol. The lowest BCUT2D eigenvalue weighted by molar-refractivity contribution is -0.115. The van der Waals surface area contributed by atoms with Crippen LogP contribution in [-0.2, 0) is 11.2 Å². The van der Waals surface area contributed by atoms with Gasteiger partial charge in [0.15, 0.2) is 0 Å². The number of hydrogen-bond donors (Lipinski definition) is 1. The van der Waals surface area contributed by atoms with E-state index >= 15 is 0 Å². The Morgan fingerprint density at radius 2 is 1.65 bits per heavy atom. The molecule has 5 nitrogen and oxygen atoms in total. The zero-order valence-electron chi connectivity index (χ0n) is 14.8. The highest BCUT2D eigenvalue weighted by molar-refractivity contribution is 5.97. The van der Waals surface area contributed by atoms with E-state index in [1.807, 2.05) is 17.0 Å². The number of rotatable bonds is 4. The second-order valence-corrected chi connectivity index (χ2v) is 6.93. The van der Waals surface area contributed by atoms with Crippen molar-refractivity contribution >= 4 is 23.2 Å². The summed E-state index contributed by atoms with van der Waals surface area (Å²) in [5.74, 6) is 0.0365. The van der Waals surface area contributed by atoms with Crippen LogP contribution in [0.1, 0.15) is 28.8 Å². The number of nitrogens with zero attached hydrogens (tertiary/aromatic N) is 2. The molecule has 4 rings (SSSR count). The standard InChI is InChI=1S/C21H23N3O2/c25-20(15-24-14-11-16-5-1-2-6-19(16)24)22-18-9-7-17(8-10-18)21(26)23-12-3-4-13-23/h1-2,5-10H,3-4,11-15H2,(H,22,25). The van der Waals surface area contributed by atoms with Crippen LogP contribution in [0.2, 0.25) is 0 Å². The monoisotopic (exact) mass is 349 g/mol. The highest BCUT2D eigenvalue weighted by Crippen LogP contribution is 2.27. The number of para-hydroxylation sites is 1. The summed E-state index contributed by atoms with van der Waals surface area (Å²) in [6, 6.07) is 15.4. The highest BCUT2D eigenvalue weighted by atomic mass is 16.2. The lowest BCUT2D eigenvalue weighted by Gasteiger charge is -2.19. The summed E-state index contributed by atoms with van der Waals surface area (Å²) < 4.78 is 0. The van der Waals surface area contributed by atoms with Gasteiger partial charge in [-0.15, -0.1) is 0 Å². The summed E-state index contributed by atoms with van der Waals surface area (Å²) in [5, 5.41) is 2.93. The number of amides is 2. The smallest absolute Gasteiger partial charge is 0.253 e. The minimum atomic E-state index is -0.0414. The second kappa shape index (κ2) is 7.20. The van der Waals surface area contributed by atoms with Crippen molar-refractivity contribution in [3.05, 3.63) is 59.7 Å². The molecule has 0 unspecified atom stereocenters. The Labute approximate surface area is 153 Å². The largest absolute Gasteiger partial charge is 0.362 e. The maximum absolute atomic E-state index is 12.4. The molecule has 134 valence electrons. The summed E-state index contributed by atoms with van der Waals surface area (Å²) in [6.07, 6.45) is 3.15. The predicted octanol–water partition coefficient (Wildman–Crippen LogP) is 2.92. The van der Waals surface area contributed by atoms with Gasteiger partial charge in [-0.3, -0.25) is 9.59 Å². The van der Waals surface area contributed by atoms with Crippen LogP contribution in [0.5, 0.6) is 0 Å². The number of fused-ring (bicyclic) bond motifs is 1. The summed E-state index contributed by atoms with van der Waals surface area (Å²) in [7, 11) is 0. The van der Waals surface area contributed by atoms with Crippen LogP contribution >= 0.6 is 0 Å². The number of anilines is 2. The molecule has 2 aliphatic rings. The van der Waals surface area contributed by atoms with Crippen LogP contribution in [-0.4, -0.2) is 42.9 Å². The van der Waals surface area contributed by atoms with Gasteiger partial charge < -0.3 is 15.1 Å². The van der Waals surface area contributed by atoms with E-state index in [2.05, 4.69) is 22.3 Å². The number of carbonyl (C=O) groups excluding carboxylic acids is 2. The molecule has 2 aromatic carbocycles. The highest BCUT2D eigenvalue weighted by Gasteiger charge is 2.21. The zero-order chi connectivity index (χ0) is 17.9. The fourth-order valence-corrected chi connectivity index (χ4v) is 3.74. The second-order valence-electron chi connectivity index (χ2n) is 6.93. The Bertz CT molecular complexity index is 810. The fourth-order valence-electron chi connectivity index (χ4n) is 3.74. The van der Waals surface area contributed by atoms with Crippen molar-refractivity contribution in [3.63, 3.8) is 0 Å². The van der Waals surface area contributed by atoms with E-state index in [-0.39, 0.29) is 11.8 Å². The first kappa shape index (κ1) is 16.6. The van der Waals surface area contributed by atoms with Gasteiger partial charge in [-0.1, -0.05) is 18.2 Å². The molecule has 0 spiro atoms. The van der Waals surface area contributed by atoms with Crippen LogP contribution in [0.3, 0.4) is 0 Å². The Hall–Kier alpha value is -2.82. The Kier molecular flexibility index (Phi) is 4.61. The van der Waals surface area contributed by atoms with Gasteiger partial charge in [0, 0.05) is 36.6 Å². The van der Waals surface area contributed by atoms with Crippen molar-refractivity contribution in [2.45, 2.75) is 19.3 Å². The molecule has 2 amide bonds. The third kappa shape index (κ3) is 3.43. The van der Waals surface area contributed by atoms with Gasteiger partial charge in [-0.05, 0) is 55.2 Å². The molecule has 5 heteroatoms. The molecule has 0 saturated carbocycles. The molecule has 0 aliphatic carbocycles. The molecule has 26 heavy (non-hydrogen) atoms. The topological polar surface area (TPSA) is 52.7 Å². The van der Waals surface area contributed by atoms with Crippen molar-refractivity contribution in [2.24, 2.45) is 0 Å². The molecule has 1 N–H and O–H groups in total. The van der Waals surface area contributed by atoms with Crippen LogP contribution in [0.25, 0.3) is 0 Å². The van der Waals surface area contributed by atoms with E-state index in [0.29, 0.717) is 12.1 Å². The number of hydrogen-bond acceptors (Lipinski definition) is 3. The van der Waals surface area contributed by atoms with Crippen molar-refractivity contribution in [1.82, 2.24) is 4.90 Å². The summed E-state index contributed by atoms with van der Waals surface area (Å²) in [4.78, 5) is 28.7. The molecule has 2 heterocycles. The molecule has 1 saturated heterocycles. The number of carbonyl (C=O) groups is 2. The van der Waals surface area contributed by atoms with E-state index in [1.54, 1.807) is 24.3 Å².